The summed E-state index contributed by atoms with van der Waals surface area (Å²) in [6.45, 7) is 5.55. The van der Waals surface area contributed by atoms with Crippen LogP contribution >= 0.6 is 0 Å². The van der Waals surface area contributed by atoms with E-state index in [1.54, 1.807) is 6.07 Å². The summed E-state index contributed by atoms with van der Waals surface area (Å²) in [5.41, 5.74) is 0.746. The van der Waals surface area contributed by atoms with Gasteiger partial charge in [-0.05, 0) is 17.7 Å². The molecule has 1 aromatic rings. The Labute approximate surface area is 140 Å². The summed E-state index contributed by atoms with van der Waals surface area (Å²) >= 11 is 0. The Morgan fingerprint density at radius 2 is 2.00 bits per heavy atom. The van der Waals surface area contributed by atoms with Gasteiger partial charge in [-0.15, -0.1) is 0 Å². The highest BCUT2D eigenvalue weighted by atomic mass is 19.2. The van der Waals surface area contributed by atoms with Gasteiger partial charge in [-0.25, -0.2) is 8.78 Å². The first-order valence-corrected chi connectivity index (χ1v) is 8.38. The van der Waals surface area contributed by atoms with Crippen molar-refractivity contribution in [3.05, 3.63) is 35.4 Å². The zero-order valence-corrected chi connectivity index (χ0v) is 13.6. The highest BCUT2D eigenvalue weighted by molar-refractivity contribution is 5.76. The fraction of sp³-hybridized carbons (Fsp3) is 0.588. The van der Waals surface area contributed by atoms with E-state index >= 15 is 0 Å². The first kappa shape index (κ1) is 17.3. The van der Waals surface area contributed by atoms with Crippen LogP contribution in [0, 0.1) is 11.6 Å². The number of nitrogens with one attached hydrogen (secondary N) is 1. The number of hydrogen-bond acceptors (Lipinski definition) is 4. The average Bonchev–Trinajstić information content (AvgIpc) is 2.60. The Morgan fingerprint density at radius 3 is 2.67 bits per heavy atom. The Morgan fingerprint density at radius 1 is 1.21 bits per heavy atom. The lowest BCUT2D eigenvalue weighted by atomic mass is 10.1. The summed E-state index contributed by atoms with van der Waals surface area (Å²) < 4.78 is 31.8. The number of morpholine rings is 1. The molecule has 7 heteroatoms. The second-order valence-electron chi connectivity index (χ2n) is 6.31. The van der Waals surface area contributed by atoms with Crippen molar-refractivity contribution >= 4 is 5.91 Å². The van der Waals surface area contributed by atoms with E-state index in [1.165, 1.54) is 6.07 Å². The van der Waals surface area contributed by atoms with E-state index in [0.29, 0.717) is 32.7 Å². The van der Waals surface area contributed by atoms with Crippen LogP contribution in [0.15, 0.2) is 18.2 Å². The molecule has 0 aromatic heterocycles. The third-order valence-electron chi connectivity index (χ3n) is 4.52. The number of amides is 1. The number of nitrogens with zero attached hydrogens (tertiary/aromatic N) is 2. The van der Waals surface area contributed by atoms with Crippen LogP contribution < -0.4 is 5.32 Å². The van der Waals surface area contributed by atoms with Crippen molar-refractivity contribution in [2.24, 2.45) is 0 Å². The molecule has 2 heterocycles. The molecule has 132 valence electrons. The van der Waals surface area contributed by atoms with Crippen LogP contribution in [-0.2, 0) is 16.1 Å². The first-order valence-electron chi connectivity index (χ1n) is 8.38. The maximum atomic E-state index is 13.3. The maximum Gasteiger partial charge on any atom is 0.225 e. The summed E-state index contributed by atoms with van der Waals surface area (Å²) in [6.07, 6.45) is 0.377. The molecule has 1 N–H and O–H groups in total. The van der Waals surface area contributed by atoms with Crippen molar-refractivity contribution in [1.29, 1.82) is 0 Å². The topological polar surface area (TPSA) is 44.8 Å². The highest BCUT2D eigenvalue weighted by Gasteiger charge is 2.25. The van der Waals surface area contributed by atoms with E-state index in [9.17, 15) is 13.6 Å². The smallest absolute Gasteiger partial charge is 0.225 e. The monoisotopic (exact) mass is 339 g/mol. The van der Waals surface area contributed by atoms with E-state index in [4.69, 9.17) is 4.74 Å². The number of carbonyl (C=O) groups excluding carboxylic acids is 1. The summed E-state index contributed by atoms with van der Waals surface area (Å²) in [7, 11) is 0. The number of hydrogen-bond donors (Lipinski definition) is 1. The van der Waals surface area contributed by atoms with Crippen LogP contribution in [0.2, 0.25) is 0 Å². The molecule has 5 nitrogen and oxygen atoms in total. The number of benzene rings is 1. The molecule has 2 aliphatic heterocycles. The highest BCUT2D eigenvalue weighted by Crippen LogP contribution is 2.14. The molecular formula is C17H23F2N3O2. The number of ether oxygens (including phenoxy) is 1. The summed E-state index contributed by atoms with van der Waals surface area (Å²) in [5.74, 6) is -1.52. The summed E-state index contributed by atoms with van der Waals surface area (Å²) in [6, 6.07) is 3.99. The first-order chi connectivity index (χ1) is 11.6. The second-order valence-corrected chi connectivity index (χ2v) is 6.31. The fourth-order valence-corrected chi connectivity index (χ4v) is 3.13. The predicted octanol–water partition coefficient (Wildman–Crippen LogP) is 0.987. The van der Waals surface area contributed by atoms with E-state index in [-0.39, 0.29) is 12.0 Å². The van der Waals surface area contributed by atoms with E-state index in [1.807, 2.05) is 4.90 Å². The standard InChI is InChI=1S/C17H23F2N3O2/c18-15-2-1-13(9-16(15)19)12-21-4-6-22(7-5-21)17(23)10-14-11-20-3-8-24-14/h1-2,9,14,20H,3-8,10-12H2. The molecule has 3 rings (SSSR count). The van der Waals surface area contributed by atoms with Gasteiger partial charge in [0.25, 0.3) is 0 Å². The van der Waals surface area contributed by atoms with Crippen LogP contribution in [-0.4, -0.2) is 67.7 Å². The Kier molecular flexibility index (Phi) is 5.76. The Bertz CT molecular complexity index is 571. The predicted molar refractivity (Wildman–Crippen MR) is 85.4 cm³/mol. The lowest BCUT2D eigenvalue weighted by molar-refractivity contribution is -0.136. The summed E-state index contributed by atoms with van der Waals surface area (Å²) in [4.78, 5) is 16.3. The van der Waals surface area contributed by atoms with Crippen LogP contribution in [0.5, 0.6) is 0 Å². The third-order valence-corrected chi connectivity index (χ3v) is 4.52. The Balaban J connectivity index is 1.44. The number of piperazine rings is 1. The lowest BCUT2D eigenvalue weighted by Gasteiger charge is -2.35. The SMILES string of the molecule is O=C(CC1CNCCO1)N1CCN(Cc2ccc(F)c(F)c2)CC1. The molecule has 24 heavy (non-hydrogen) atoms. The average molecular weight is 339 g/mol. The zero-order chi connectivity index (χ0) is 16.9. The minimum atomic E-state index is -0.825. The molecule has 2 saturated heterocycles. The van der Waals surface area contributed by atoms with Crippen molar-refractivity contribution in [3.63, 3.8) is 0 Å². The van der Waals surface area contributed by atoms with Crippen LogP contribution in [0.25, 0.3) is 0 Å². The molecule has 0 radical (unpaired) electrons. The van der Waals surface area contributed by atoms with Crippen molar-refractivity contribution in [3.8, 4) is 0 Å². The molecule has 0 spiro atoms. The minimum Gasteiger partial charge on any atom is -0.375 e. The van der Waals surface area contributed by atoms with Gasteiger partial charge in [0.1, 0.15) is 0 Å². The summed E-state index contributed by atoms with van der Waals surface area (Å²) in [5, 5.41) is 3.22. The van der Waals surface area contributed by atoms with Crippen LogP contribution in [0.4, 0.5) is 8.78 Å². The van der Waals surface area contributed by atoms with E-state index in [2.05, 4.69) is 10.2 Å². The normalized spacial score (nSPS) is 22.6. The molecule has 0 saturated carbocycles. The molecular weight excluding hydrogens is 316 g/mol. The molecule has 2 aliphatic rings. The number of carbonyl (C=O) groups is 1. The minimum absolute atomic E-state index is 0.0357. The molecule has 0 aliphatic carbocycles. The van der Waals surface area contributed by atoms with Gasteiger partial charge in [0, 0.05) is 45.8 Å². The quantitative estimate of drug-likeness (QED) is 0.889. The second kappa shape index (κ2) is 8.00. The van der Waals surface area contributed by atoms with Gasteiger partial charge in [-0.1, -0.05) is 6.07 Å². The van der Waals surface area contributed by atoms with Crippen molar-refractivity contribution in [1.82, 2.24) is 15.1 Å². The van der Waals surface area contributed by atoms with Crippen molar-refractivity contribution in [2.75, 3.05) is 45.9 Å². The van der Waals surface area contributed by atoms with Crippen molar-refractivity contribution in [2.45, 2.75) is 19.1 Å². The van der Waals surface area contributed by atoms with E-state index in [0.717, 1.165) is 37.8 Å². The van der Waals surface area contributed by atoms with Crippen LogP contribution in [0.1, 0.15) is 12.0 Å². The van der Waals surface area contributed by atoms with E-state index < -0.39 is 11.6 Å². The largest absolute Gasteiger partial charge is 0.375 e. The maximum absolute atomic E-state index is 13.3. The van der Waals surface area contributed by atoms with Gasteiger partial charge in [-0.3, -0.25) is 9.69 Å². The molecule has 1 aromatic carbocycles. The third kappa shape index (κ3) is 4.49. The van der Waals surface area contributed by atoms with Gasteiger partial charge in [0.2, 0.25) is 5.91 Å². The van der Waals surface area contributed by atoms with Gasteiger partial charge < -0.3 is 15.0 Å². The Hall–Kier alpha value is -1.57. The molecule has 0 bridgehead atoms. The molecule has 1 unspecified atom stereocenters. The van der Waals surface area contributed by atoms with Gasteiger partial charge in [-0.2, -0.15) is 0 Å². The molecule has 2 fully saturated rings. The fourth-order valence-electron chi connectivity index (χ4n) is 3.13. The zero-order valence-electron chi connectivity index (χ0n) is 13.6. The van der Waals surface area contributed by atoms with Crippen molar-refractivity contribution < 1.29 is 18.3 Å². The molecule has 1 atom stereocenters. The van der Waals surface area contributed by atoms with Gasteiger partial charge in [0.15, 0.2) is 11.6 Å². The van der Waals surface area contributed by atoms with Crippen LogP contribution in [0.3, 0.4) is 0 Å². The number of halogens is 2. The number of rotatable bonds is 4. The van der Waals surface area contributed by atoms with Gasteiger partial charge in [0.05, 0.1) is 19.1 Å². The van der Waals surface area contributed by atoms with Gasteiger partial charge >= 0.3 is 0 Å². The lowest BCUT2D eigenvalue weighted by Crippen LogP contribution is -2.50. The molecule has 1 amide bonds.